The molecule has 0 saturated heterocycles. The van der Waals surface area contributed by atoms with Gasteiger partial charge in [0.05, 0.1) is 12.0 Å². The van der Waals surface area contributed by atoms with Gasteiger partial charge in [0, 0.05) is 31.3 Å². The van der Waals surface area contributed by atoms with Gasteiger partial charge in [0.15, 0.2) is 0 Å². The molecule has 1 aromatic rings. The Bertz CT molecular complexity index is 1670. The number of allylic oxidation sites excluding steroid dienone is 3. The van der Waals surface area contributed by atoms with Crippen molar-refractivity contribution >= 4 is 29.1 Å². The van der Waals surface area contributed by atoms with Crippen LogP contribution in [0, 0.1) is 56.7 Å². The highest BCUT2D eigenvalue weighted by molar-refractivity contribution is 5.88. The van der Waals surface area contributed by atoms with Gasteiger partial charge in [-0.15, -0.1) is 0 Å². The zero-order chi connectivity index (χ0) is 39.4. The highest BCUT2D eigenvalue weighted by Crippen LogP contribution is 2.78. The van der Waals surface area contributed by atoms with Gasteiger partial charge in [-0.2, -0.15) is 0 Å². The van der Waals surface area contributed by atoms with Crippen LogP contribution in [0.15, 0.2) is 42.5 Å². The fourth-order valence-corrected chi connectivity index (χ4v) is 14.1. The first-order valence-electron chi connectivity index (χ1n) is 21.0. The van der Waals surface area contributed by atoms with Crippen LogP contribution in [0.25, 0.3) is 5.57 Å². The van der Waals surface area contributed by atoms with Gasteiger partial charge in [0.2, 0.25) is 0 Å². The Morgan fingerprint density at radius 3 is 2.09 bits per heavy atom. The van der Waals surface area contributed by atoms with E-state index in [0.717, 1.165) is 44.1 Å². The molecule has 0 radical (unpaired) electrons. The third-order valence-electron chi connectivity index (χ3n) is 16.9. The van der Waals surface area contributed by atoms with E-state index >= 15 is 0 Å². The predicted octanol–water partition coefficient (Wildman–Crippen LogP) is 10.1. The molecule has 4 saturated carbocycles. The van der Waals surface area contributed by atoms with Gasteiger partial charge < -0.3 is 15.1 Å². The summed E-state index contributed by atoms with van der Waals surface area (Å²) in [6.45, 7) is 22.6. The minimum absolute atomic E-state index is 0.0370. The number of rotatable bonds is 14. The number of nitrogens with zero attached hydrogens (tertiary/aromatic N) is 1. The number of hydrogen-bond acceptors (Lipinski definition) is 5. The standard InChI is InChI=1S/C47H67NO6/c1-30(2)34-17-24-47(39(50)10-9-27-48(28-20-31(3)49)29-21-40(51)52)26-25-45(7)36(41(34)47)15-16-38-44(6)22-18-35(32-11-13-33(14-12-32)42(53)54)43(4,5)37(44)19-23-46(38,45)8/h11-14,18,34,36-38,41H,1,9-10,15-17,19-29H2,2-8H3,(H,51,52)(H,53,54)/t34-,36+,37-,38+,41+,44-,45+,46+,47+/m0/s1. The minimum atomic E-state index is -0.892. The van der Waals surface area contributed by atoms with Crippen molar-refractivity contribution in [2.45, 2.75) is 132 Å². The lowest BCUT2D eigenvalue weighted by Crippen LogP contribution is -2.65. The van der Waals surface area contributed by atoms with Crippen molar-refractivity contribution in [3.63, 3.8) is 0 Å². The van der Waals surface area contributed by atoms with Gasteiger partial charge in [0.1, 0.15) is 11.6 Å². The molecule has 5 aliphatic carbocycles. The number of carboxylic acid groups (broad SMARTS) is 2. The monoisotopic (exact) mass is 741 g/mol. The summed E-state index contributed by atoms with van der Waals surface area (Å²) in [7, 11) is 0. The van der Waals surface area contributed by atoms with Crippen molar-refractivity contribution in [2.75, 3.05) is 19.6 Å². The van der Waals surface area contributed by atoms with E-state index in [2.05, 4.69) is 59.1 Å². The number of benzene rings is 1. The number of Topliss-reactive ketones (excluding diaryl/α,β-unsaturated/α-hetero) is 2. The molecule has 296 valence electrons. The van der Waals surface area contributed by atoms with E-state index in [0.29, 0.717) is 79.8 Å². The molecule has 1 aromatic carbocycles. The number of carbonyl (C=O) groups excluding carboxylic acids is 2. The summed E-state index contributed by atoms with van der Waals surface area (Å²) in [5, 5.41) is 18.8. The molecule has 5 aliphatic rings. The SMILES string of the molecule is C=C(C)[C@@H]1CC[C@]2(C(=O)CCCN(CCC(C)=O)CCC(=O)O)CC[C@]3(C)[C@H](CC[C@@H]4[C@@]5(C)CC=C(c6ccc(C(=O)O)cc6)C(C)(C)[C@@H]5CC[C@]43C)[C@@H]12. The number of carbonyl (C=O) groups is 4. The second-order valence-corrected chi connectivity index (χ2v) is 19.7. The van der Waals surface area contributed by atoms with Crippen LogP contribution < -0.4 is 0 Å². The highest BCUT2D eigenvalue weighted by atomic mass is 16.4. The summed E-state index contributed by atoms with van der Waals surface area (Å²) >= 11 is 0. The maximum atomic E-state index is 14.7. The van der Waals surface area contributed by atoms with Crippen molar-refractivity contribution in [3.05, 3.63) is 53.6 Å². The van der Waals surface area contributed by atoms with Crippen molar-refractivity contribution in [1.82, 2.24) is 4.90 Å². The van der Waals surface area contributed by atoms with Crippen molar-refractivity contribution in [1.29, 1.82) is 0 Å². The lowest BCUT2D eigenvalue weighted by molar-refractivity contribution is -0.224. The maximum Gasteiger partial charge on any atom is 0.335 e. The third kappa shape index (κ3) is 6.66. The Hall–Kier alpha value is -3.06. The number of carboxylic acids is 2. The molecule has 4 fully saturated rings. The quantitative estimate of drug-likeness (QED) is 0.183. The van der Waals surface area contributed by atoms with Crippen molar-refractivity contribution < 1.29 is 29.4 Å². The van der Waals surface area contributed by atoms with E-state index in [9.17, 15) is 29.4 Å². The predicted molar refractivity (Wildman–Crippen MR) is 214 cm³/mol. The maximum absolute atomic E-state index is 14.7. The van der Waals surface area contributed by atoms with E-state index in [1.807, 2.05) is 12.1 Å². The fraction of sp³-hybridized carbons (Fsp3) is 0.702. The zero-order valence-corrected chi connectivity index (χ0v) is 34.3. The molecule has 7 heteroatoms. The second-order valence-electron chi connectivity index (χ2n) is 19.7. The van der Waals surface area contributed by atoms with Crippen LogP contribution in [0.1, 0.15) is 148 Å². The molecular weight excluding hydrogens is 675 g/mol. The van der Waals surface area contributed by atoms with E-state index < -0.39 is 11.9 Å². The molecule has 0 heterocycles. The van der Waals surface area contributed by atoms with Gasteiger partial charge in [0.25, 0.3) is 0 Å². The Morgan fingerprint density at radius 1 is 0.778 bits per heavy atom. The van der Waals surface area contributed by atoms with Gasteiger partial charge >= 0.3 is 11.9 Å². The summed E-state index contributed by atoms with van der Waals surface area (Å²) in [6.07, 6.45) is 13.9. The number of ketones is 2. The summed E-state index contributed by atoms with van der Waals surface area (Å²) in [5.74, 6) is 1.02. The molecule has 54 heavy (non-hydrogen) atoms. The average Bonchev–Trinajstić information content (AvgIpc) is 3.50. The fourth-order valence-electron chi connectivity index (χ4n) is 14.1. The van der Waals surface area contributed by atoms with Gasteiger partial charge in [-0.1, -0.05) is 65.0 Å². The smallest absolute Gasteiger partial charge is 0.335 e. The number of hydrogen-bond donors (Lipinski definition) is 2. The minimum Gasteiger partial charge on any atom is -0.481 e. The van der Waals surface area contributed by atoms with Gasteiger partial charge in [-0.25, -0.2) is 4.79 Å². The molecule has 0 aromatic heterocycles. The van der Waals surface area contributed by atoms with Gasteiger partial charge in [-0.05, 0) is 159 Å². The van der Waals surface area contributed by atoms with Crippen LogP contribution >= 0.6 is 0 Å². The van der Waals surface area contributed by atoms with E-state index in [4.69, 9.17) is 0 Å². The molecule has 6 rings (SSSR count). The van der Waals surface area contributed by atoms with E-state index in [1.54, 1.807) is 19.1 Å². The highest BCUT2D eigenvalue weighted by Gasteiger charge is 2.71. The first-order chi connectivity index (χ1) is 25.3. The third-order valence-corrected chi connectivity index (χ3v) is 16.9. The molecule has 2 N–H and O–H groups in total. The molecule has 0 unspecified atom stereocenters. The summed E-state index contributed by atoms with van der Waals surface area (Å²) in [4.78, 5) is 51.4. The van der Waals surface area contributed by atoms with Crippen molar-refractivity contribution in [2.24, 2.45) is 56.7 Å². The Kier molecular flexibility index (Phi) is 11.1. The van der Waals surface area contributed by atoms with Crippen LogP contribution in [0.4, 0.5) is 0 Å². The Balaban J connectivity index is 1.24. The average molecular weight is 742 g/mol. The van der Waals surface area contributed by atoms with Gasteiger partial charge in [-0.3, -0.25) is 14.4 Å². The Morgan fingerprint density at radius 2 is 1.46 bits per heavy atom. The molecule has 0 bridgehead atoms. The lowest BCUT2D eigenvalue weighted by atomic mass is 9.32. The Labute approximate surface area is 324 Å². The van der Waals surface area contributed by atoms with Crippen LogP contribution in [-0.4, -0.2) is 58.3 Å². The molecule has 9 atom stereocenters. The lowest BCUT2D eigenvalue weighted by Gasteiger charge is -2.72. The van der Waals surface area contributed by atoms with Crippen LogP contribution in [0.5, 0.6) is 0 Å². The number of aliphatic carboxylic acids is 1. The van der Waals surface area contributed by atoms with Crippen LogP contribution in [0.3, 0.4) is 0 Å². The second kappa shape index (κ2) is 14.8. The molecule has 0 aliphatic heterocycles. The first kappa shape index (κ1) is 40.6. The zero-order valence-electron chi connectivity index (χ0n) is 34.3. The molecular formula is C47H67NO6. The summed E-state index contributed by atoms with van der Waals surface area (Å²) < 4.78 is 0. The van der Waals surface area contributed by atoms with Crippen LogP contribution in [-0.2, 0) is 14.4 Å². The summed E-state index contributed by atoms with van der Waals surface area (Å²) in [6, 6.07) is 7.48. The van der Waals surface area contributed by atoms with E-state index in [1.165, 1.54) is 30.4 Å². The van der Waals surface area contributed by atoms with Crippen LogP contribution in [0.2, 0.25) is 0 Å². The largest absolute Gasteiger partial charge is 0.481 e. The number of aromatic carboxylic acids is 1. The topological polar surface area (TPSA) is 112 Å². The number of fused-ring (bicyclic) bond motifs is 7. The molecule has 0 amide bonds. The summed E-state index contributed by atoms with van der Waals surface area (Å²) in [5.41, 5.74) is 4.12. The normalized spacial score (nSPS) is 36.6. The molecule has 7 nitrogen and oxygen atoms in total. The van der Waals surface area contributed by atoms with Crippen molar-refractivity contribution in [3.8, 4) is 0 Å². The molecule has 0 spiro atoms. The van der Waals surface area contributed by atoms with E-state index in [-0.39, 0.29) is 39.3 Å². The first-order valence-corrected chi connectivity index (χ1v) is 21.0.